The Morgan fingerprint density at radius 2 is 2.04 bits per heavy atom. The third-order valence-corrected chi connectivity index (χ3v) is 6.11. The lowest BCUT2D eigenvalue weighted by Gasteiger charge is -2.35. The van der Waals surface area contributed by atoms with Crippen molar-refractivity contribution in [3.05, 3.63) is 35.4 Å². The number of hydrogen-bond acceptors (Lipinski definition) is 4. The van der Waals surface area contributed by atoms with Crippen molar-refractivity contribution in [2.45, 2.75) is 57.9 Å². The van der Waals surface area contributed by atoms with E-state index in [1.807, 2.05) is 16.0 Å². The van der Waals surface area contributed by atoms with Crippen LogP contribution in [0.4, 0.5) is 0 Å². The molecule has 2 aliphatic heterocycles. The molecule has 3 heterocycles. The van der Waals surface area contributed by atoms with Crippen LogP contribution in [0, 0.1) is 5.92 Å². The Hall–Kier alpha value is -2.24. The predicted molar refractivity (Wildman–Crippen MR) is 102 cm³/mol. The third-order valence-electron chi connectivity index (χ3n) is 6.11. The van der Waals surface area contributed by atoms with Crippen LogP contribution < -0.4 is 0 Å². The zero-order chi connectivity index (χ0) is 18.8. The Labute approximate surface area is 160 Å². The first-order valence-corrected chi connectivity index (χ1v) is 10.2. The first-order chi connectivity index (χ1) is 13.1. The SMILES string of the molecule is CC(=O)N1CCc2nc(C3CCCN(C(=O)C4CC=CCC4)C3)ncc2C1. The summed E-state index contributed by atoms with van der Waals surface area (Å²) in [6, 6.07) is 0. The Morgan fingerprint density at radius 1 is 1.15 bits per heavy atom. The van der Waals surface area contributed by atoms with Gasteiger partial charge in [-0.3, -0.25) is 9.59 Å². The number of amides is 2. The smallest absolute Gasteiger partial charge is 0.226 e. The molecule has 3 aliphatic rings. The second-order valence-electron chi connectivity index (χ2n) is 8.00. The molecular formula is C21H28N4O2. The molecule has 27 heavy (non-hydrogen) atoms. The summed E-state index contributed by atoms with van der Waals surface area (Å²) >= 11 is 0. The quantitative estimate of drug-likeness (QED) is 0.752. The van der Waals surface area contributed by atoms with Gasteiger partial charge in [0.1, 0.15) is 5.82 Å². The monoisotopic (exact) mass is 368 g/mol. The number of carbonyl (C=O) groups excluding carboxylic acids is 2. The average molecular weight is 368 g/mol. The van der Waals surface area contributed by atoms with Crippen LogP contribution >= 0.6 is 0 Å². The van der Waals surface area contributed by atoms with Crippen LogP contribution in [-0.4, -0.2) is 51.2 Å². The maximum Gasteiger partial charge on any atom is 0.226 e. The number of hydrogen-bond donors (Lipinski definition) is 0. The fraction of sp³-hybridized carbons (Fsp3) is 0.619. The van der Waals surface area contributed by atoms with E-state index in [0.29, 0.717) is 12.5 Å². The van der Waals surface area contributed by atoms with Crippen LogP contribution in [0.15, 0.2) is 18.3 Å². The van der Waals surface area contributed by atoms with Crippen LogP contribution in [0.25, 0.3) is 0 Å². The largest absolute Gasteiger partial charge is 0.342 e. The minimum atomic E-state index is 0.101. The van der Waals surface area contributed by atoms with Crippen molar-refractivity contribution in [3.63, 3.8) is 0 Å². The number of carbonyl (C=O) groups is 2. The molecule has 6 heteroatoms. The van der Waals surface area contributed by atoms with Gasteiger partial charge in [-0.1, -0.05) is 12.2 Å². The highest BCUT2D eigenvalue weighted by Crippen LogP contribution is 2.29. The fourth-order valence-corrected chi connectivity index (χ4v) is 4.46. The topological polar surface area (TPSA) is 66.4 Å². The number of aromatic nitrogens is 2. The summed E-state index contributed by atoms with van der Waals surface area (Å²) in [6.07, 6.45) is 11.9. The molecule has 1 saturated heterocycles. The molecule has 2 unspecified atom stereocenters. The molecule has 2 amide bonds. The van der Waals surface area contributed by atoms with E-state index in [-0.39, 0.29) is 17.7 Å². The van der Waals surface area contributed by atoms with Crippen LogP contribution in [0.1, 0.15) is 62.0 Å². The van der Waals surface area contributed by atoms with Gasteiger partial charge in [0, 0.05) is 63.1 Å². The van der Waals surface area contributed by atoms with Gasteiger partial charge in [-0.05, 0) is 32.1 Å². The van der Waals surface area contributed by atoms with Gasteiger partial charge < -0.3 is 9.80 Å². The first kappa shape index (κ1) is 18.1. The maximum atomic E-state index is 12.9. The van der Waals surface area contributed by atoms with Crippen molar-refractivity contribution in [2.75, 3.05) is 19.6 Å². The first-order valence-electron chi connectivity index (χ1n) is 10.2. The van der Waals surface area contributed by atoms with E-state index in [1.54, 1.807) is 6.92 Å². The number of likely N-dealkylation sites (tertiary alicyclic amines) is 1. The normalized spacial score (nSPS) is 25.2. The lowest BCUT2D eigenvalue weighted by Crippen LogP contribution is -2.43. The molecule has 0 aromatic carbocycles. The lowest BCUT2D eigenvalue weighted by atomic mass is 9.90. The van der Waals surface area contributed by atoms with E-state index in [1.165, 1.54) is 0 Å². The standard InChI is InChI=1S/C21H28N4O2/c1-15(26)24-11-9-19-18(14-24)12-22-20(23-19)17-8-5-10-25(13-17)21(27)16-6-3-2-4-7-16/h2-3,12,16-17H,4-11,13-14H2,1H3. The second kappa shape index (κ2) is 7.79. The van der Waals surface area contributed by atoms with E-state index in [0.717, 1.165) is 75.2 Å². The molecule has 0 spiro atoms. The summed E-state index contributed by atoms with van der Waals surface area (Å²) in [7, 11) is 0. The highest BCUT2D eigenvalue weighted by Gasteiger charge is 2.31. The van der Waals surface area contributed by atoms with Gasteiger partial charge in [0.2, 0.25) is 11.8 Å². The van der Waals surface area contributed by atoms with Crippen molar-refractivity contribution in [3.8, 4) is 0 Å². The zero-order valence-corrected chi connectivity index (χ0v) is 16.1. The van der Waals surface area contributed by atoms with Crippen LogP contribution in [0.2, 0.25) is 0 Å². The van der Waals surface area contributed by atoms with Crippen LogP contribution in [0.3, 0.4) is 0 Å². The number of nitrogens with zero attached hydrogens (tertiary/aromatic N) is 4. The average Bonchev–Trinajstić information content (AvgIpc) is 2.73. The van der Waals surface area contributed by atoms with E-state index >= 15 is 0 Å². The van der Waals surface area contributed by atoms with Crippen molar-refractivity contribution < 1.29 is 9.59 Å². The Balaban J connectivity index is 1.45. The van der Waals surface area contributed by atoms with Crippen molar-refractivity contribution >= 4 is 11.8 Å². The molecular weight excluding hydrogens is 340 g/mol. The molecule has 0 N–H and O–H groups in total. The van der Waals surface area contributed by atoms with E-state index in [2.05, 4.69) is 17.1 Å². The highest BCUT2D eigenvalue weighted by atomic mass is 16.2. The van der Waals surface area contributed by atoms with Gasteiger partial charge in [0.25, 0.3) is 0 Å². The van der Waals surface area contributed by atoms with E-state index < -0.39 is 0 Å². The second-order valence-corrected chi connectivity index (χ2v) is 8.00. The highest BCUT2D eigenvalue weighted by molar-refractivity contribution is 5.79. The van der Waals surface area contributed by atoms with Crippen LogP contribution in [-0.2, 0) is 22.6 Å². The molecule has 1 aliphatic carbocycles. The van der Waals surface area contributed by atoms with Crippen molar-refractivity contribution in [2.24, 2.45) is 5.92 Å². The van der Waals surface area contributed by atoms with E-state index in [4.69, 9.17) is 4.98 Å². The molecule has 1 fully saturated rings. The van der Waals surface area contributed by atoms with Gasteiger partial charge in [-0.25, -0.2) is 9.97 Å². The predicted octanol–water partition coefficient (Wildman–Crippen LogP) is 2.44. The summed E-state index contributed by atoms with van der Waals surface area (Å²) < 4.78 is 0. The molecule has 0 saturated carbocycles. The van der Waals surface area contributed by atoms with Gasteiger partial charge >= 0.3 is 0 Å². The molecule has 1 aromatic rings. The molecule has 0 radical (unpaired) electrons. The van der Waals surface area contributed by atoms with Gasteiger partial charge in [-0.15, -0.1) is 0 Å². The summed E-state index contributed by atoms with van der Waals surface area (Å²) in [6.45, 7) is 4.53. The summed E-state index contributed by atoms with van der Waals surface area (Å²) in [5.74, 6) is 1.64. The number of fused-ring (bicyclic) bond motifs is 1. The Bertz CT molecular complexity index is 761. The maximum absolute atomic E-state index is 12.9. The minimum Gasteiger partial charge on any atom is -0.342 e. The number of rotatable bonds is 2. The molecule has 144 valence electrons. The summed E-state index contributed by atoms with van der Waals surface area (Å²) in [4.78, 5) is 37.8. The Morgan fingerprint density at radius 3 is 2.81 bits per heavy atom. The van der Waals surface area contributed by atoms with Gasteiger partial charge in [0.15, 0.2) is 0 Å². The zero-order valence-electron chi connectivity index (χ0n) is 16.1. The van der Waals surface area contributed by atoms with E-state index in [9.17, 15) is 9.59 Å². The third kappa shape index (κ3) is 3.89. The molecule has 2 atom stereocenters. The van der Waals surface area contributed by atoms with Crippen molar-refractivity contribution in [1.29, 1.82) is 0 Å². The number of piperidine rings is 1. The summed E-state index contributed by atoms with van der Waals surface area (Å²) in [5, 5.41) is 0. The minimum absolute atomic E-state index is 0.101. The van der Waals surface area contributed by atoms with Gasteiger partial charge in [-0.2, -0.15) is 0 Å². The molecule has 0 bridgehead atoms. The van der Waals surface area contributed by atoms with Crippen LogP contribution in [0.5, 0.6) is 0 Å². The summed E-state index contributed by atoms with van der Waals surface area (Å²) in [5.41, 5.74) is 2.12. The Kier molecular flexibility index (Phi) is 5.23. The van der Waals surface area contributed by atoms with Crippen molar-refractivity contribution in [1.82, 2.24) is 19.8 Å². The van der Waals surface area contributed by atoms with Gasteiger partial charge in [0.05, 0.1) is 5.69 Å². The fourth-order valence-electron chi connectivity index (χ4n) is 4.46. The number of allylic oxidation sites excluding steroid dienone is 2. The lowest BCUT2D eigenvalue weighted by molar-refractivity contribution is -0.137. The molecule has 6 nitrogen and oxygen atoms in total. The molecule has 1 aromatic heterocycles. The molecule has 4 rings (SSSR count).